The first kappa shape index (κ1) is 22.1. The molecule has 4 heteroatoms. The summed E-state index contributed by atoms with van der Waals surface area (Å²) in [6, 6.07) is 5.06. The lowest BCUT2D eigenvalue weighted by molar-refractivity contribution is -0.130. The van der Waals surface area contributed by atoms with Crippen LogP contribution in [0, 0.1) is 0 Å². The van der Waals surface area contributed by atoms with Gasteiger partial charge in [-0.05, 0) is 38.3 Å². The minimum Gasteiger partial charge on any atom is -0.508 e. The second kappa shape index (κ2) is 13.3. The highest BCUT2D eigenvalue weighted by atomic mass is 16.5. The predicted octanol–water partition coefficient (Wildman–Crippen LogP) is 5.92. The third-order valence-corrected chi connectivity index (χ3v) is 4.25. The molecule has 0 atom stereocenters. The molecular formula is C22H34O4. The van der Waals surface area contributed by atoms with Crippen LogP contribution in [0.2, 0.25) is 0 Å². The quantitative estimate of drug-likeness (QED) is 0.155. The van der Waals surface area contributed by atoms with Crippen LogP contribution in [0.3, 0.4) is 0 Å². The van der Waals surface area contributed by atoms with Gasteiger partial charge in [-0.1, -0.05) is 58.4 Å². The van der Waals surface area contributed by atoms with Crippen molar-refractivity contribution < 1.29 is 19.4 Å². The fourth-order valence-corrected chi connectivity index (χ4v) is 2.69. The van der Waals surface area contributed by atoms with E-state index < -0.39 is 5.97 Å². The van der Waals surface area contributed by atoms with Gasteiger partial charge >= 0.3 is 5.97 Å². The van der Waals surface area contributed by atoms with Gasteiger partial charge in [0.2, 0.25) is 0 Å². The Labute approximate surface area is 158 Å². The normalized spacial score (nSPS) is 11.4. The van der Waals surface area contributed by atoms with E-state index in [1.54, 1.807) is 25.1 Å². The number of carbonyl (C=O) groups is 1. The van der Waals surface area contributed by atoms with E-state index in [2.05, 4.69) is 6.92 Å². The molecule has 0 amide bonds. The molecule has 0 fully saturated rings. The van der Waals surface area contributed by atoms with Crippen LogP contribution in [-0.4, -0.2) is 17.7 Å². The topological polar surface area (TPSA) is 55.8 Å². The van der Waals surface area contributed by atoms with E-state index in [0.29, 0.717) is 29.9 Å². The van der Waals surface area contributed by atoms with Crippen molar-refractivity contribution >= 4 is 5.97 Å². The maximum Gasteiger partial charge on any atom is 0.342 e. The van der Waals surface area contributed by atoms with Crippen molar-refractivity contribution in [1.82, 2.24) is 0 Å². The molecule has 1 aromatic carbocycles. The van der Waals surface area contributed by atoms with Gasteiger partial charge in [-0.25, -0.2) is 4.79 Å². The van der Waals surface area contributed by atoms with Crippen LogP contribution in [0.15, 0.2) is 30.0 Å². The van der Waals surface area contributed by atoms with Gasteiger partial charge in [-0.3, -0.25) is 0 Å². The molecule has 0 aliphatic carbocycles. The van der Waals surface area contributed by atoms with E-state index in [4.69, 9.17) is 9.47 Å². The Morgan fingerprint density at radius 3 is 2.42 bits per heavy atom. The number of phenols is 1. The summed E-state index contributed by atoms with van der Waals surface area (Å²) in [7, 11) is 0. The summed E-state index contributed by atoms with van der Waals surface area (Å²) in [5, 5.41) is 10.2. The zero-order chi connectivity index (χ0) is 19.2. The predicted molar refractivity (Wildman–Crippen MR) is 105 cm³/mol. The van der Waals surface area contributed by atoms with Crippen molar-refractivity contribution in [2.45, 2.75) is 78.6 Å². The zero-order valence-electron chi connectivity index (χ0n) is 16.6. The van der Waals surface area contributed by atoms with Gasteiger partial charge in [0.15, 0.2) is 0 Å². The lowest BCUT2D eigenvalue weighted by Gasteiger charge is -2.12. The second-order valence-corrected chi connectivity index (χ2v) is 6.69. The van der Waals surface area contributed by atoms with E-state index in [1.165, 1.54) is 38.4 Å². The zero-order valence-corrected chi connectivity index (χ0v) is 16.6. The molecule has 0 aliphatic heterocycles. The Hall–Kier alpha value is -1.97. The number of rotatable bonds is 13. The number of benzene rings is 1. The van der Waals surface area contributed by atoms with Gasteiger partial charge in [0.05, 0.1) is 18.4 Å². The van der Waals surface area contributed by atoms with Crippen LogP contribution in [0.1, 0.15) is 77.7 Å². The highest BCUT2D eigenvalue weighted by Gasteiger charge is 2.14. The van der Waals surface area contributed by atoms with Gasteiger partial charge in [0.1, 0.15) is 11.5 Å². The Morgan fingerprint density at radius 1 is 1.04 bits per heavy atom. The molecule has 0 saturated carbocycles. The van der Waals surface area contributed by atoms with Crippen LogP contribution < -0.4 is 4.74 Å². The minimum atomic E-state index is -0.451. The summed E-state index contributed by atoms with van der Waals surface area (Å²) < 4.78 is 10.7. The summed E-state index contributed by atoms with van der Waals surface area (Å²) >= 11 is 0. The summed E-state index contributed by atoms with van der Waals surface area (Å²) in [6.45, 7) is 6.45. The largest absolute Gasteiger partial charge is 0.508 e. The fraction of sp³-hybridized carbons (Fsp3) is 0.591. The second-order valence-electron chi connectivity index (χ2n) is 6.69. The highest BCUT2D eigenvalue weighted by Crippen LogP contribution is 2.30. The third-order valence-electron chi connectivity index (χ3n) is 4.25. The molecule has 1 N–H and O–H groups in total. The summed E-state index contributed by atoms with van der Waals surface area (Å²) in [5.41, 5.74) is 1.11. The average molecular weight is 363 g/mol. The monoisotopic (exact) mass is 362 g/mol. The first-order valence-corrected chi connectivity index (χ1v) is 9.91. The molecule has 0 aliphatic rings. The molecule has 1 rings (SSSR count). The van der Waals surface area contributed by atoms with Crippen molar-refractivity contribution in [3.8, 4) is 11.5 Å². The average Bonchev–Trinajstić information content (AvgIpc) is 2.63. The molecule has 0 radical (unpaired) electrons. The highest BCUT2D eigenvalue weighted by molar-refractivity contribution is 5.89. The molecule has 0 unspecified atom stereocenters. The maximum absolute atomic E-state index is 12.2. The molecule has 1 aromatic rings. The molecular weight excluding hydrogens is 328 g/mol. The molecule has 0 spiro atoms. The fourth-order valence-electron chi connectivity index (χ4n) is 2.69. The molecule has 26 heavy (non-hydrogen) atoms. The number of hydrogen-bond acceptors (Lipinski definition) is 4. The third kappa shape index (κ3) is 8.41. The van der Waals surface area contributed by atoms with Crippen molar-refractivity contribution in [3.63, 3.8) is 0 Å². The number of ether oxygens (including phenoxy) is 2. The van der Waals surface area contributed by atoms with Gasteiger partial charge in [-0.2, -0.15) is 0 Å². The van der Waals surface area contributed by atoms with Crippen LogP contribution in [-0.2, 0) is 16.0 Å². The van der Waals surface area contributed by atoms with Gasteiger partial charge < -0.3 is 14.6 Å². The number of unbranched alkanes of at least 4 members (excludes halogenated alkanes) is 6. The van der Waals surface area contributed by atoms with Crippen molar-refractivity contribution in [1.29, 1.82) is 0 Å². The Bertz CT molecular complexity index is 563. The number of hydrogen-bond donors (Lipinski definition) is 1. The molecule has 0 aromatic heterocycles. The summed E-state index contributed by atoms with van der Waals surface area (Å²) in [5.74, 6) is 0.168. The molecule has 4 nitrogen and oxygen atoms in total. The lowest BCUT2D eigenvalue weighted by atomic mass is 10.0. The summed E-state index contributed by atoms with van der Waals surface area (Å²) in [6.07, 6.45) is 11.4. The van der Waals surface area contributed by atoms with Crippen molar-refractivity contribution in [2.75, 3.05) is 6.61 Å². The van der Waals surface area contributed by atoms with Crippen LogP contribution in [0.25, 0.3) is 0 Å². The maximum atomic E-state index is 12.2. The lowest BCUT2D eigenvalue weighted by Crippen LogP contribution is -2.11. The molecule has 146 valence electrons. The molecule has 0 bridgehead atoms. The van der Waals surface area contributed by atoms with Gasteiger partial charge in [0.25, 0.3) is 0 Å². The molecule has 0 saturated heterocycles. The van der Waals surface area contributed by atoms with Crippen molar-refractivity contribution in [3.05, 3.63) is 35.6 Å². The first-order valence-electron chi connectivity index (χ1n) is 9.91. The van der Waals surface area contributed by atoms with Crippen LogP contribution >= 0.6 is 0 Å². The molecule has 0 heterocycles. The first-order chi connectivity index (χ1) is 12.6. The Kier molecular flexibility index (Phi) is 11.3. The van der Waals surface area contributed by atoms with E-state index in [1.807, 2.05) is 6.92 Å². The SMILES string of the molecule is CCCCCCCCCc1c(O)cccc1OC(=O)/C(C)=C/OCCC. The smallest absolute Gasteiger partial charge is 0.342 e. The van der Waals surface area contributed by atoms with E-state index in [-0.39, 0.29) is 5.75 Å². The number of aromatic hydroxyl groups is 1. The Morgan fingerprint density at radius 2 is 1.73 bits per heavy atom. The van der Waals surface area contributed by atoms with Gasteiger partial charge in [0, 0.05) is 5.56 Å². The number of carbonyl (C=O) groups excluding carboxylic acids is 1. The summed E-state index contributed by atoms with van der Waals surface area (Å²) in [4.78, 5) is 12.2. The van der Waals surface area contributed by atoms with Crippen LogP contribution in [0.4, 0.5) is 0 Å². The van der Waals surface area contributed by atoms with Crippen molar-refractivity contribution in [2.24, 2.45) is 0 Å². The van der Waals surface area contributed by atoms with E-state index in [9.17, 15) is 9.90 Å². The minimum absolute atomic E-state index is 0.185. The number of esters is 1. The van der Waals surface area contributed by atoms with Crippen LogP contribution in [0.5, 0.6) is 11.5 Å². The number of phenolic OH excluding ortho intramolecular Hbond substituents is 1. The van der Waals surface area contributed by atoms with E-state index in [0.717, 1.165) is 19.3 Å². The standard InChI is InChI=1S/C22H34O4/c1-4-6-7-8-9-10-11-13-19-20(23)14-12-15-21(19)26-22(24)18(3)17-25-16-5-2/h12,14-15,17,23H,4-11,13,16H2,1-3H3/b18-17+. The van der Waals surface area contributed by atoms with E-state index >= 15 is 0 Å². The van der Waals surface area contributed by atoms with Gasteiger partial charge in [-0.15, -0.1) is 0 Å². The Balaban J connectivity index is 2.57.